The van der Waals surface area contributed by atoms with Crippen molar-refractivity contribution in [3.8, 4) is 11.5 Å². The lowest BCUT2D eigenvalue weighted by atomic mass is 9.95. The van der Waals surface area contributed by atoms with Gasteiger partial charge in [-0.15, -0.1) is 0 Å². The Morgan fingerprint density at radius 1 is 0.938 bits per heavy atom. The number of carbonyl (C=O) groups excluding carboxylic acids is 2. The molecule has 168 valence electrons. The molecular formula is C25H29N3O4. The van der Waals surface area contributed by atoms with E-state index in [1.807, 2.05) is 35.2 Å². The van der Waals surface area contributed by atoms with Gasteiger partial charge in [-0.25, -0.2) is 0 Å². The van der Waals surface area contributed by atoms with E-state index in [9.17, 15) is 9.59 Å². The van der Waals surface area contributed by atoms with Gasteiger partial charge in [0.2, 0.25) is 18.6 Å². The number of fused-ring (bicyclic) bond motifs is 1. The van der Waals surface area contributed by atoms with E-state index in [2.05, 4.69) is 22.3 Å². The smallest absolute Gasteiger partial charge is 0.239 e. The fourth-order valence-corrected chi connectivity index (χ4v) is 4.90. The molecule has 3 heterocycles. The van der Waals surface area contributed by atoms with Crippen LogP contribution in [0.5, 0.6) is 11.5 Å². The third kappa shape index (κ3) is 4.43. The summed E-state index contributed by atoms with van der Waals surface area (Å²) < 4.78 is 10.7. The number of rotatable bonds is 5. The Balaban J connectivity index is 1.14. The standard InChI is InChI=1S/C25H29N3O4/c29-24(26-20-8-9-22-23(15-20)32-17-31-22)19-10-13-27(14-11-19)25(30)21-7-4-12-28(21)16-18-5-2-1-3-6-18/h1-3,5-6,8-9,15,19,21H,4,7,10-14,16-17H2,(H,26,29). The highest BCUT2D eigenvalue weighted by Gasteiger charge is 2.36. The molecule has 2 fully saturated rings. The SMILES string of the molecule is O=C(Nc1ccc2c(c1)OCO2)C1CCN(C(=O)C2CCCN2Cc2ccccc2)CC1. The first-order valence-electron chi connectivity index (χ1n) is 11.4. The zero-order valence-electron chi connectivity index (χ0n) is 18.2. The van der Waals surface area contributed by atoms with Crippen molar-refractivity contribution >= 4 is 17.5 Å². The van der Waals surface area contributed by atoms with Crippen LogP contribution in [0, 0.1) is 5.92 Å². The van der Waals surface area contributed by atoms with Crippen molar-refractivity contribution < 1.29 is 19.1 Å². The molecule has 0 aromatic heterocycles. The number of amides is 2. The quantitative estimate of drug-likeness (QED) is 0.781. The monoisotopic (exact) mass is 435 g/mol. The molecule has 7 heteroatoms. The minimum atomic E-state index is -0.0894. The second-order valence-corrected chi connectivity index (χ2v) is 8.77. The van der Waals surface area contributed by atoms with Gasteiger partial charge in [-0.1, -0.05) is 30.3 Å². The molecule has 3 aliphatic heterocycles. The lowest BCUT2D eigenvalue weighted by molar-refractivity contribution is -0.139. The number of nitrogens with zero attached hydrogens (tertiary/aromatic N) is 2. The van der Waals surface area contributed by atoms with Gasteiger partial charge in [-0.05, 0) is 49.9 Å². The van der Waals surface area contributed by atoms with E-state index in [0.29, 0.717) is 43.1 Å². The molecule has 2 saturated heterocycles. The number of carbonyl (C=O) groups is 2. The Labute approximate surface area is 188 Å². The number of nitrogens with one attached hydrogen (secondary N) is 1. The van der Waals surface area contributed by atoms with Crippen molar-refractivity contribution in [3.05, 3.63) is 54.1 Å². The fraction of sp³-hybridized carbons (Fsp3) is 0.440. The van der Waals surface area contributed by atoms with Gasteiger partial charge in [0.05, 0.1) is 6.04 Å². The minimum Gasteiger partial charge on any atom is -0.454 e. The fourth-order valence-electron chi connectivity index (χ4n) is 4.90. The van der Waals surface area contributed by atoms with Gasteiger partial charge < -0.3 is 19.7 Å². The number of likely N-dealkylation sites (tertiary alicyclic amines) is 2. The van der Waals surface area contributed by atoms with Gasteiger partial charge >= 0.3 is 0 Å². The van der Waals surface area contributed by atoms with Gasteiger partial charge in [0.1, 0.15) is 0 Å². The summed E-state index contributed by atoms with van der Waals surface area (Å²) in [4.78, 5) is 30.3. The first-order valence-corrected chi connectivity index (χ1v) is 11.4. The maximum atomic E-state index is 13.2. The van der Waals surface area contributed by atoms with E-state index in [1.165, 1.54) is 5.56 Å². The van der Waals surface area contributed by atoms with Crippen molar-refractivity contribution in [3.63, 3.8) is 0 Å². The van der Waals surface area contributed by atoms with E-state index in [-0.39, 0.29) is 30.6 Å². The molecule has 3 aliphatic rings. The summed E-state index contributed by atoms with van der Waals surface area (Å²) in [7, 11) is 0. The minimum absolute atomic E-state index is 0.00235. The summed E-state index contributed by atoms with van der Waals surface area (Å²) in [5, 5.41) is 2.99. The molecular weight excluding hydrogens is 406 g/mol. The zero-order chi connectivity index (χ0) is 21.9. The van der Waals surface area contributed by atoms with Crippen molar-refractivity contribution in [1.82, 2.24) is 9.80 Å². The number of anilines is 1. The number of ether oxygens (including phenoxy) is 2. The summed E-state index contributed by atoms with van der Waals surface area (Å²) in [5.74, 6) is 1.48. The summed E-state index contributed by atoms with van der Waals surface area (Å²) >= 11 is 0. The molecule has 5 rings (SSSR count). The Bertz CT molecular complexity index is 972. The number of piperidine rings is 1. The first kappa shape index (κ1) is 20.8. The number of hydrogen-bond acceptors (Lipinski definition) is 5. The van der Waals surface area contributed by atoms with E-state index in [4.69, 9.17) is 9.47 Å². The second kappa shape index (κ2) is 9.20. The lowest BCUT2D eigenvalue weighted by Crippen LogP contribution is -2.49. The normalized spacial score (nSPS) is 21.0. The van der Waals surface area contributed by atoms with Gasteiger partial charge in [0.25, 0.3) is 0 Å². The van der Waals surface area contributed by atoms with E-state index < -0.39 is 0 Å². The third-order valence-electron chi connectivity index (χ3n) is 6.69. The van der Waals surface area contributed by atoms with Crippen LogP contribution in [-0.4, -0.2) is 54.1 Å². The van der Waals surface area contributed by atoms with Gasteiger partial charge in [-0.3, -0.25) is 14.5 Å². The van der Waals surface area contributed by atoms with Crippen LogP contribution < -0.4 is 14.8 Å². The molecule has 7 nitrogen and oxygen atoms in total. The Kier molecular flexibility index (Phi) is 5.99. The Morgan fingerprint density at radius 2 is 1.72 bits per heavy atom. The summed E-state index contributed by atoms with van der Waals surface area (Å²) in [6.45, 7) is 3.25. The number of hydrogen-bond donors (Lipinski definition) is 1. The average molecular weight is 436 g/mol. The van der Waals surface area contributed by atoms with E-state index in [1.54, 1.807) is 6.07 Å². The highest BCUT2D eigenvalue weighted by Crippen LogP contribution is 2.34. The predicted octanol–water partition coefficient (Wildman–Crippen LogP) is 3.26. The van der Waals surface area contributed by atoms with E-state index >= 15 is 0 Å². The maximum Gasteiger partial charge on any atom is 0.239 e. The highest BCUT2D eigenvalue weighted by atomic mass is 16.7. The Hall–Kier alpha value is -3.06. The van der Waals surface area contributed by atoms with Crippen molar-refractivity contribution in [1.29, 1.82) is 0 Å². The maximum absolute atomic E-state index is 13.2. The zero-order valence-corrected chi connectivity index (χ0v) is 18.2. The van der Waals surface area contributed by atoms with Gasteiger partial charge in [0, 0.05) is 37.3 Å². The van der Waals surface area contributed by atoms with Crippen molar-refractivity contribution in [2.24, 2.45) is 5.92 Å². The summed E-state index contributed by atoms with van der Waals surface area (Å²) in [6.07, 6.45) is 3.34. The molecule has 2 amide bonds. The third-order valence-corrected chi connectivity index (χ3v) is 6.69. The van der Waals surface area contributed by atoms with Crippen LogP contribution in [0.2, 0.25) is 0 Å². The van der Waals surface area contributed by atoms with Crippen LogP contribution in [-0.2, 0) is 16.1 Å². The van der Waals surface area contributed by atoms with Crippen LogP contribution in [0.25, 0.3) is 0 Å². The molecule has 0 spiro atoms. The largest absolute Gasteiger partial charge is 0.454 e. The Morgan fingerprint density at radius 3 is 2.53 bits per heavy atom. The van der Waals surface area contributed by atoms with Crippen molar-refractivity contribution in [2.75, 3.05) is 31.7 Å². The topological polar surface area (TPSA) is 71.1 Å². The summed E-state index contributed by atoms with van der Waals surface area (Å²) in [5.41, 5.74) is 1.95. The lowest BCUT2D eigenvalue weighted by Gasteiger charge is -2.35. The van der Waals surface area contributed by atoms with Gasteiger partial charge in [-0.2, -0.15) is 0 Å². The molecule has 0 bridgehead atoms. The van der Waals surface area contributed by atoms with Crippen LogP contribution in [0.4, 0.5) is 5.69 Å². The van der Waals surface area contributed by atoms with Crippen LogP contribution in [0.3, 0.4) is 0 Å². The molecule has 0 radical (unpaired) electrons. The molecule has 1 unspecified atom stereocenters. The molecule has 2 aromatic carbocycles. The first-order chi connectivity index (χ1) is 15.7. The van der Waals surface area contributed by atoms with E-state index in [0.717, 1.165) is 25.9 Å². The molecule has 2 aromatic rings. The predicted molar refractivity (Wildman–Crippen MR) is 120 cm³/mol. The molecule has 32 heavy (non-hydrogen) atoms. The highest BCUT2D eigenvalue weighted by molar-refractivity contribution is 5.93. The number of benzene rings is 2. The van der Waals surface area contributed by atoms with Crippen LogP contribution in [0.15, 0.2) is 48.5 Å². The molecule has 1 N–H and O–H groups in total. The summed E-state index contributed by atoms with van der Waals surface area (Å²) in [6, 6.07) is 15.7. The average Bonchev–Trinajstić information content (AvgIpc) is 3.48. The molecule has 0 saturated carbocycles. The van der Waals surface area contributed by atoms with Crippen molar-refractivity contribution in [2.45, 2.75) is 38.3 Å². The van der Waals surface area contributed by atoms with Gasteiger partial charge in [0.15, 0.2) is 11.5 Å². The second-order valence-electron chi connectivity index (χ2n) is 8.77. The van der Waals surface area contributed by atoms with Crippen LogP contribution in [0.1, 0.15) is 31.2 Å². The van der Waals surface area contributed by atoms with Crippen LogP contribution >= 0.6 is 0 Å². The molecule has 0 aliphatic carbocycles. The molecule has 1 atom stereocenters.